The van der Waals surface area contributed by atoms with Gasteiger partial charge in [0.15, 0.2) is 0 Å². The van der Waals surface area contributed by atoms with Crippen LogP contribution in [0.5, 0.6) is 5.75 Å². The molecule has 0 aliphatic rings. The molecule has 1 aromatic rings. The molecule has 1 unspecified atom stereocenters. The maximum Gasteiger partial charge on any atom is 0.119 e. The summed E-state index contributed by atoms with van der Waals surface area (Å²) < 4.78 is 6.18. The van der Waals surface area contributed by atoms with Crippen molar-refractivity contribution in [2.75, 3.05) is 7.11 Å². The normalized spacial score (nSPS) is 11.5. The Morgan fingerprint density at radius 3 is 2.88 bits per heavy atom. The molecule has 0 saturated heterocycles. The first-order valence-corrected chi connectivity index (χ1v) is 5.71. The highest BCUT2D eigenvalue weighted by molar-refractivity contribution is 9.10. The standard InChI is InChI=1S/C12H15BrN2O/c1-3-4-5-12(15-14)10-8-9(16-2)6-7-11(10)13/h6-8,12,15H,5,14H2,1-2H3. The molecule has 3 nitrogen and oxygen atoms in total. The first-order chi connectivity index (χ1) is 7.72. The highest BCUT2D eigenvalue weighted by atomic mass is 79.9. The van der Waals surface area contributed by atoms with E-state index in [-0.39, 0.29) is 6.04 Å². The topological polar surface area (TPSA) is 47.3 Å². The summed E-state index contributed by atoms with van der Waals surface area (Å²) in [6, 6.07) is 5.79. The van der Waals surface area contributed by atoms with Crippen molar-refractivity contribution >= 4 is 15.9 Å². The van der Waals surface area contributed by atoms with E-state index in [1.54, 1.807) is 7.11 Å². The third-order valence-corrected chi connectivity index (χ3v) is 2.98. The van der Waals surface area contributed by atoms with Gasteiger partial charge >= 0.3 is 0 Å². The molecule has 1 aromatic carbocycles. The number of methoxy groups -OCH3 is 1. The van der Waals surface area contributed by atoms with E-state index < -0.39 is 0 Å². The van der Waals surface area contributed by atoms with Gasteiger partial charge in [-0.25, -0.2) is 0 Å². The van der Waals surface area contributed by atoms with E-state index in [1.165, 1.54) is 0 Å². The minimum absolute atomic E-state index is 0.00285. The van der Waals surface area contributed by atoms with Crippen LogP contribution in [0.3, 0.4) is 0 Å². The highest BCUT2D eigenvalue weighted by Gasteiger charge is 2.12. The zero-order valence-electron chi connectivity index (χ0n) is 9.38. The van der Waals surface area contributed by atoms with Gasteiger partial charge in [0, 0.05) is 10.9 Å². The number of benzene rings is 1. The molecule has 0 spiro atoms. The van der Waals surface area contributed by atoms with Crippen LogP contribution in [0.4, 0.5) is 0 Å². The highest BCUT2D eigenvalue weighted by Crippen LogP contribution is 2.28. The fourth-order valence-corrected chi connectivity index (χ4v) is 1.90. The van der Waals surface area contributed by atoms with E-state index in [9.17, 15) is 0 Å². The van der Waals surface area contributed by atoms with E-state index in [0.717, 1.165) is 15.8 Å². The smallest absolute Gasteiger partial charge is 0.119 e. The van der Waals surface area contributed by atoms with Crippen molar-refractivity contribution in [3.63, 3.8) is 0 Å². The molecule has 0 aliphatic carbocycles. The van der Waals surface area contributed by atoms with Crippen LogP contribution >= 0.6 is 15.9 Å². The number of halogens is 1. The molecule has 86 valence electrons. The number of hydrogen-bond acceptors (Lipinski definition) is 3. The summed E-state index contributed by atoms with van der Waals surface area (Å²) in [6.07, 6.45) is 0.665. The van der Waals surface area contributed by atoms with Gasteiger partial charge in [-0.3, -0.25) is 11.3 Å². The predicted octanol–water partition coefficient (Wildman–Crippen LogP) is 2.38. The first-order valence-electron chi connectivity index (χ1n) is 4.92. The molecule has 0 aromatic heterocycles. The first kappa shape index (κ1) is 13.0. The molecule has 0 radical (unpaired) electrons. The van der Waals surface area contributed by atoms with E-state index in [1.807, 2.05) is 25.1 Å². The van der Waals surface area contributed by atoms with Gasteiger partial charge in [0.25, 0.3) is 0 Å². The number of nitrogens with one attached hydrogen (secondary N) is 1. The molecular formula is C12H15BrN2O. The Morgan fingerprint density at radius 1 is 1.56 bits per heavy atom. The Hall–Kier alpha value is -1.02. The maximum atomic E-state index is 5.53. The zero-order valence-corrected chi connectivity index (χ0v) is 11.0. The number of rotatable bonds is 4. The van der Waals surface area contributed by atoms with Crippen LogP contribution in [0.1, 0.15) is 24.9 Å². The molecule has 0 saturated carbocycles. The van der Waals surface area contributed by atoms with Crippen LogP contribution in [-0.4, -0.2) is 7.11 Å². The Labute approximate surface area is 104 Å². The van der Waals surface area contributed by atoms with Crippen LogP contribution in [0, 0.1) is 11.8 Å². The molecular weight excluding hydrogens is 268 g/mol. The van der Waals surface area contributed by atoms with Gasteiger partial charge in [0.1, 0.15) is 5.75 Å². The van der Waals surface area contributed by atoms with Crippen molar-refractivity contribution in [1.82, 2.24) is 5.43 Å². The van der Waals surface area contributed by atoms with Crippen LogP contribution in [0.25, 0.3) is 0 Å². The Bertz CT molecular complexity index is 409. The average Bonchev–Trinajstić information content (AvgIpc) is 2.32. The summed E-state index contributed by atoms with van der Waals surface area (Å²) in [6.45, 7) is 1.81. The van der Waals surface area contributed by atoms with Gasteiger partial charge < -0.3 is 4.74 Å². The summed E-state index contributed by atoms with van der Waals surface area (Å²) in [4.78, 5) is 0. The number of hydrazine groups is 1. The quantitative estimate of drug-likeness (QED) is 0.506. The molecule has 4 heteroatoms. The Balaban J connectivity index is 3.01. The summed E-state index contributed by atoms with van der Waals surface area (Å²) in [5.41, 5.74) is 3.80. The van der Waals surface area contributed by atoms with E-state index >= 15 is 0 Å². The Morgan fingerprint density at radius 2 is 2.31 bits per heavy atom. The van der Waals surface area contributed by atoms with Crippen molar-refractivity contribution in [3.05, 3.63) is 28.2 Å². The van der Waals surface area contributed by atoms with Crippen LogP contribution in [0.2, 0.25) is 0 Å². The molecule has 0 heterocycles. The number of hydrogen-bond donors (Lipinski definition) is 2. The minimum atomic E-state index is -0.00285. The summed E-state index contributed by atoms with van der Waals surface area (Å²) >= 11 is 3.49. The largest absolute Gasteiger partial charge is 0.497 e. The van der Waals surface area contributed by atoms with Crippen LogP contribution in [0.15, 0.2) is 22.7 Å². The monoisotopic (exact) mass is 282 g/mol. The van der Waals surface area contributed by atoms with Gasteiger partial charge in [-0.1, -0.05) is 15.9 Å². The molecule has 0 aliphatic heterocycles. The second-order valence-corrected chi connectivity index (χ2v) is 4.09. The fourth-order valence-electron chi connectivity index (χ4n) is 1.38. The van der Waals surface area contributed by atoms with E-state index in [0.29, 0.717) is 6.42 Å². The minimum Gasteiger partial charge on any atom is -0.497 e. The van der Waals surface area contributed by atoms with Crippen molar-refractivity contribution in [2.24, 2.45) is 5.84 Å². The maximum absolute atomic E-state index is 5.53. The van der Waals surface area contributed by atoms with Gasteiger partial charge in [0.05, 0.1) is 13.2 Å². The lowest BCUT2D eigenvalue weighted by atomic mass is 10.0. The van der Waals surface area contributed by atoms with Crippen molar-refractivity contribution in [1.29, 1.82) is 0 Å². The Kier molecular flexibility index (Phi) is 5.33. The van der Waals surface area contributed by atoms with Crippen molar-refractivity contribution in [2.45, 2.75) is 19.4 Å². The van der Waals surface area contributed by atoms with Crippen LogP contribution < -0.4 is 16.0 Å². The van der Waals surface area contributed by atoms with Gasteiger partial charge in [-0.05, 0) is 30.7 Å². The summed E-state index contributed by atoms with van der Waals surface area (Å²) in [7, 11) is 1.64. The average molecular weight is 283 g/mol. The number of nitrogens with two attached hydrogens (primary N) is 1. The van der Waals surface area contributed by atoms with Crippen LogP contribution in [-0.2, 0) is 0 Å². The predicted molar refractivity (Wildman–Crippen MR) is 68.8 cm³/mol. The number of ether oxygens (including phenoxy) is 1. The third kappa shape index (κ3) is 3.24. The SMILES string of the molecule is CC#CCC(NN)c1cc(OC)ccc1Br. The molecule has 16 heavy (non-hydrogen) atoms. The lowest BCUT2D eigenvalue weighted by Gasteiger charge is -2.16. The summed E-state index contributed by atoms with van der Waals surface area (Å²) in [5, 5.41) is 0. The molecule has 0 fully saturated rings. The fraction of sp³-hybridized carbons (Fsp3) is 0.333. The van der Waals surface area contributed by atoms with Gasteiger partial charge in [0.2, 0.25) is 0 Å². The molecule has 1 atom stereocenters. The summed E-state index contributed by atoms with van der Waals surface area (Å²) in [5.74, 6) is 12.2. The second-order valence-electron chi connectivity index (χ2n) is 3.24. The molecule has 1 rings (SSSR count). The van der Waals surface area contributed by atoms with E-state index in [2.05, 4.69) is 33.2 Å². The molecule has 3 N–H and O–H groups in total. The third-order valence-electron chi connectivity index (χ3n) is 2.26. The van der Waals surface area contributed by atoms with Crippen molar-refractivity contribution in [3.8, 4) is 17.6 Å². The lowest BCUT2D eigenvalue weighted by molar-refractivity contribution is 0.413. The van der Waals surface area contributed by atoms with Gasteiger partial charge in [-0.2, -0.15) is 0 Å². The van der Waals surface area contributed by atoms with Crippen molar-refractivity contribution < 1.29 is 4.74 Å². The lowest BCUT2D eigenvalue weighted by Crippen LogP contribution is -2.28. The zero-order chi connectivity index (χ0) is 12.0. The molecule has 0 amide bonds. The molecule has 0 bridgehead atoms. The second kappa shape index (κ2) is 6.54. The van der Waals surface area contributed by atoms with E-state index in [4.69, 9.17) is 10.6 Å². The van der Waals surface area contributed by atoms with Gasteiger partial charge in [-0.15, -0.1) is 11.8 Å².